The first kappa shape index (κ1) is 14.5. The van der Waals surface area contributed by atoms with Crippen molar-refractivity contribution in [3.8, 4) is 12.3 Å². The number of nitrogens with one attached hydrogen (secondary N) is 1. The molecule has 1 fully saturated rings. The second-order valence-electron chi connectivity index (χ2n) is 4.63. The van der Waals surface area contributed by atoms with Crippen LogP contribution in [0.15, 0.2) is 0 Å². The van der Waals surface area contributed by atoms with Gasteiger partial charge in [0.15, 0.2) is 0 Å². The molecule has 0 aliphatic carbocycles. The Kier molecular flexibility index (Phi) is 6.57. The molecule has 0 aromatic rings. The van der Waals surface area contributed by atoms with Gasteiger partial charge in [0.2, 0.25) is 0 Å². The van der Waals surface area contributed by atoms with Crippen LogP contribution in [0.5, 0.6) is 0 Å². The summed E-state index contributed by atoms with van der Waals surface area (Å²) in [5, 5.41) is 3.59. The van der Waals surface area contributed by atoms with E-state index in [1.54, 1.807) is 0 Å². The molecule has 0 aromatic carbocycles. The van der Waals surface area contributed by atoms with Crippen molar-refractivity contribution in [1.29, 1.82) is 0 Å². The highest BCUT2D eigenvalue weighted by molar-refractivity contribution is 4.97. The summed E-state index contributed by atoms with van der Waals surface area (Å²) < 4.78 is 11.3. The van der Waals surface area contributed by atoms with E-state index in [2.05, 4.69) is 18.2 Å². The Morgan fingerprint density at radius 3 is 2.71 bits per heavy atom. The molecule has 1 rings (SSSR count). The van der Waals surface area contributed by atoms with Gasteiger partial charge in [0.05, 0.1) is 5.60 Å². The largest absolute Gasteiger partial charge is 0.381 e. The molecule has 0 amide bonds. The third kappa shape index (κ3) is 3.99. The van der Waals surface area contributed by atoms with Gasteiger partial charge >= 0.3 is 0 Å². The summed E-state index contributed by atoms with van der Waals surface area (Å²) in [6, 6.07) is 0.340. The molecule has 1 aliphatic heterocycles. The average Bonchev–Trinajstić information content (AvgIpc) is 2.39. The lowest BCUT2D eigenvalue weighted by atomic mass is 9.83. The monoisotopic (exact) mass is 239 g/mol. The van der Waals surface area contributed by atoms with Crippen molar-refractivity contribution in [3.05, 3.63) is 0 Å². The third-order valence-electron chi connectivity index (χ3n) is 3.60. The van der Waals surface area contributed by atoms with Crippen molar-refractivity contribution < 1.29 is 9.47 Å². The Morgan fingerprint density at radius 1 is 1.47 bits per heavy atom. The SMILES string of the molecule is C#CCCC(NCCC)C1(OC)CCOCC1. The van der Waals surface area contributed by atoms with E-state index in [4.69, 9.17) is 15.9 Å². The zero-order valence-corrected chi connectivity index (χ0v) is 11.1. The van der Waals surface area contributed by atoms with Gasteiger partial charge in [-0.25, -0.2) is 0 Å². The lowest BCUT2D eigenvalue weighted by molar-refractivity contribution is -0.111. The van der Waals surface area contributed by atoms with Crippen molar-refractivity contribution in [3.63, 3.8) is 0 Å². The molecule has 1 N–H and O–H groups in total. The molecule has 0 radical (unpaired) electrons. The third-order valence-corrected chi connectivity index (χ3v) is 3.60. The Labute approximate surface area is 105 Å². The quantitative estimate of drug-likeness (QED) is 0.689. The zero-order chi connectivity index (χ0) is 12.6. The molecule has 1 heterocycles. The molecule has 3 heteroatoms. The van der Waals surface area contributed by atoms with Crippen LogP contribution in [0.4, 0.5) is 0 Å². The summed E-state index contributed by atoms with van der Waals surface area (Å²) >= 11 is 0. The average molecular weight is 239 g/mol. The van der Waals surface area contributed by atoms with E-state index in [9.17, 15) is 0 Å². The summed E-state index contributed by atoms with van der Waals surface area (Å²) in [6.45, 7) is 4.76. The first-order chi connectivity index (χ1) is 8.29. The van der Waals surface area contributed by atoms with Gasteiger partial charge in [-0.15, -0.1) is 12.3 Å². The molecule has 0 bridgehead atoms. The van der Waals surface area contributed by atoms with Gasteiger partial charge in [-0.3, -0.25) is 0 Å². The predicted octanol–water partition coefficient (Wildman–Crippen LogP) is 1.96. The summed E-state index contributed by atoms with van der Waals surface area (Å²) in [4.78, 5) is 0. The van der Waals surface area contributed by atoms with E-state index in [1.165, 1.54) is 0 Å². The molecule has 3 nitrogen and oxygen atoms in total. The minimum absolute atomic E-state index is 0.0930. The predicted molar refractivity (Wildman–Crippen MR) is 69.9 cm³/mol. The maximum absolute atomic E-state index is 5.82. The summed E-state index contributed by atoms with van der Waals surface area (Å²) in [5.74, 6) is 2.73. The Bertz CT molecular complexity index is 241. The van der Waals surface area contributed by atoms with Crippen LogP contribution < -0.4 is 5.32 Å². The van der Waals surface area contributed by atoms with Crippen molar-refractivity contribution in [2.24, 2.45) is 0 Å². The van der Waals surface area contributed by atoms with E-state index < -0.39 is 0 Å². The van der Waals surface area contributed by atoms with Crippen LogP contribution in [0.2, 0.25) is 0 Å². The standard InChI is InChI=1S/C14H25NO2/c1-4-6-7-13(15-10-5-2)14(16-3)8-11-17-12-9-14/h1,13,15H,5-12H2,2-3H3. The molecule has 0 saturated carbocycles. The van der Waals surface area contributed by atoms with Crippen LogP contribution in [-0.4, -0.2) is 38.5 Å². The van der Waals surface area contributed by atoms with Crippen molar-refractivity contribution in [1.82, 2.24) is 5.32 Å². The van der Waals surface area contributed by atoms with Crippen molar-refractivity contribution in [2.45, 2.75) is 50.7 Å². The van der Waals surface area contributed by atoms with Gasteiger partial charge in [0, 0.05) is 45.6 Å². The second kappa shape index (κ2) is 7.71. The smallest absolute Gasteiger partial charge is 0.0875 e. The molecule has 1 unspecified atom stereocenters. The second-order valence-corrected chi connectivity index (χ2v) is 4.63. The summed E-state index contributed by atoms with van der Waals surface area (Å²) in [5.41, 5.74) is -0.0930. The molecule has 17 heavy (non-hydrogen) atoms. The van der Waals surface area contributed by atoms with E-state index in [1.807, 2.05) is 7.11 Å². The van der Waals surface area contributed by atoms with Gasteiger partial charge in [-0.1, -0.05) is 6.92 Å². The molecule has 1 aliphatic rings. The number of methoxy groups -OCH3 is 1. The molecule has 1 atom stereocenters. The highest BCUT2D eigenvalue weighted by Crippen LogP contribution is 2.30. The normalized spacial score (nSPS) is 20.8. The molecule has 0 spiro atoms. The maximum Gasteiger partial charge on any atom is 0.0875 e. The zero-order valence-electron chi connectivity index (χ0n) is 11.1. The number of hydrogen-bond acceptors (Lipinski definition) is 3. The first-order valence-electron chi connectivity index (χ1n) is 6.59. The van der Waals surface area contributed by atoms with Gasteiger partial charge in [0.25, 0.3) is 0 Å². The number of rotatable bonds is 7. The van der Waals surface area contributed by atoms with Gasteiger partial charge in [-0.05, 0) is 19.4 Å². The topological polar surface area (TPSA) is 30.5 Å². The minimum atomic E-state index is -0.0930. The fraction of sp³-hybridized carbons (Fsp3) is 0.857. The highest BCUT2D eigenvalue weighted by Gasteiger charge is 2.39. The number of terminal acetylenes is 1. The number of hydrogen-bond donors (Lipinski definition) is 1. The number of ether oxygens (including phenoxy) is 2. The molecular weight excluding hydrogens is 214 g/mol. The van der Waals surface area contributed by atoms with Crippen LogP contribution in [-0.2, 0) is 9.47 Å². The van der Waals surface area contributed by atoms with Crippen molar-refractivity contribution >= 4 is 0 Å². The fourth-order valence-corrected chi connectivity index (χ4v) is 2.51. The van der Waals surface area contributed by atoms with Crippen molar-refractivity contribution in [2.75, 3.05) is 26.9 Å². The minimum Gasteiger partial charge on any atom is -0.381 e. The van der Waals surface area contributed by atoms with Crippen LogP contribution >= 0.6 is 0 Å². The Balaban J connectivity index is 2.65. The highest BCUT2D eigenvalue weighted by atomic mass is 16.5. The van der Waals surface area contributed by atoms with Crippen LogP contribution in [0.3, 0.4) is 0 Å². The van der Waals surface area contributed by atoms with Gasteiger partial charge in [0.1, 0.15) is 0 Å². The molecule has 0 aromatic heterocycles. The van der Waals surface area contributed by atoms with Crippen LogP contribution in [0.25, 0.3) is 0 Å². The lowest BCUT2D eigenvalue weighted by Gasteiger charge is -2.42. The van der Waals surface area contributed by atoms with Gasteiger partial charge < -0.3 is 14.8 Å². The molecular formula is C14H25NO2. The fourth-order valence-electron chi connectivity index (χ4n) is 2.51. The molecule has 98 valence electrons. The van der Waals surface area contributed by atoms with E-state index in [0.717, 1.165) is 51.9 Å². The van der Waals surface area contributed by atoms with Gasteiger partial charge in [-0.2, -0.15) is 0 Å². The summed E-state index contributed by atoms with van der Waals surface area (Å²) in [7, 11) is 1.81. The van der Waals surface area contributed by atoms with Crippen LogP contribution in [0, 0.1) is 12.3 Å². The maximum atomic E-state index is 5.82. The Morgan fingerprint density at radius 2 is 2.18 bits per heavy atom. The first-order valence-corrected chi connectivity index (χ1v) is 6.59. The molecule has 1 saturated heterocycles. The van der Waals surface area contributed by atoms with Crippen LogP contribution in [0.1, 0.15) is 39.0 Å². The van der Waals surface area contributed by atoms with E-state index in [0.29, 0.717) is 6.04 Å². The van der Waals surface area contributed by atoms with E-state index >= 15 is 0 Å². The van der Waals surface area contributed by atoms with E-state index in [-0.39, 0.29) is 5.60 Å². The summed E-state index contributed by atoms with van der Waals surface area (Å²) in [6.07, 6.45) is 10.2. The lowest BCUT2D eigenvalue weighted by Crippen LogP contribution is -2.55. The Hall–Kier alpha value is -0.560.